The minimum atomic E-state index is -0.162. The number of unbranched alkanes of at least 4 members (excludes halogenated alkanes) is 1. The Morgan fingerprint density at radius 2 is 1.45 bits per heavy atom. The van der Waals surface area contributed by atoms with Crippen molar-refractivity contribution in [1.29, 1.82) is 0 Å². The Morgan fingerprint density at radius 1 is 0.897 bits per heavy atom. The molecule has 0 saturated heterocycles. The second-order valence-corrected chi connectivity index (χ2v) is 8.37. The van der Waals surface area contributed by atoms with E-state index in [1.807, 2.05) is 31.2 Å². The quantitative estimate of drug-likeness (QED) is 0.569. The lowest BCUT2D eigenvalue weighted by Crippen LogP contribution is -2.33. The molecule has 154 valence electrons. The number of benzene rings is 2. The summed E-state index contributed by atoms with van der Waals surface area (Å²) < 4.78 is 0. The highest BCUT2D eigenvalue weighted by Crippen LogP contribution is 2.22. The van der Waals surface area contributed by atoms with Crippen LogP contribution in [0.25, 0.3) is 0 Å². The van der Waals surface area contributed by atoms with Crippen LogP contribution in [-0.4, -0.2) is 16.9 Å². The van der Waals surface area contributed by atoms with Crippen molar-refractivity contribution in [3.8, 4) is 0 Å². The van der Waals surface area contributed by atoms with Crippen molar-refractivity contribution in [2.24, 2.45) is 0 Å². The van der Waals surface area contributed by atoms with Gasteiger partial charge in [-0.05, 0) is 66.0 Å². The molecule has 2 amide bonds. The van der Waals surface area contributed by atoms with Crippen molar-refractivity contribution in [1.82, 2.24) is 5.32 Å². The van der Waals surface area contributed by atoms with Crippen LogP contribution in [0, 0.1) is 0 Å². The third-order valence-electron chi connectivity index (χ3n) is 4.42. The predicted molar refractivity (Wildman–Crippen MR) is 123 cm³/mol. The van der Waals surface area contributed by atoms with Crippen molar-refractivity contribution in [2.45, 2.75) is 52.4 Å². The number of carbonyl (C=O) groups excluding carboxylic acids is 2. The van der Waals surface area contributed by atoms with Crippen LogP contribution in [0.1, 0.15) is 62.9 Å². The van der Waals surface area contributed by atoms with Crippen LogP contribution in [0.15, 0.2) is 48.5 Å². The number of amides is 2. The molecule has 0 unspecified atom stereocenters. The molecule has 0 fully saturated rings. The molecule has 2 rings (SSSR count). The normalized spacial score (nSPS) is 10.9. The highest BCUT2D eigenvalue weighted by atomic mass is 32.1. The number of carbonyl (C=O) groups is 2. The second-order valence-electron chi connectivity index (χ2n) is 7.96. The maximum atomic E-state index is 12.5. The van der Waals surface area contributed by atoms with Crippen LogP contribution in [0.5, 0.6) is 0 Å². The molecule has 2 aromatic rings. The van der Waals surface area contributed by atoms with E-state index in [-0.39, 0.29) is 22.3 Å². The zero-order valence-corrected chi connectivity index (χ0v) is 18.3. The lowest BCUT2D eigenvalue weighted by molar-refractivity contribution is -0.119. The molecular weight excluding hydrogens is 382 g/mol. The predicted octanol–water partition coefficient (Wildman–Crippen LogP) is 5.24. The Labute approximate surface area is 178 Å². The van der Waals surface area contributed by atoms with Crippen LogP contribution in [0.3, 0.4) is 0 Å². The average Bonchev–Trinajstić information content (AvgIpc) is 2.67. The Bertz CT molecular complexity index is 853. The second kappa shape index (κ2) is 10.2. The van der Waals surface area contributed by atoms with Gasteiger partial charge in [0.2, 0.25) is 5.91 Å². The monoisotopic (exact) mass is 411 g/mol. The fourth-order valence-corrected chi connectivity index (χ4v) is 2.88. The molecule has 0 radical (unpaired) electrons. The highest BCUT2D eigenvalue weighted by molar-refractivity contribution is 7.80. The van der Waals surface area contributed by atoms with Crippen molar-refractivity contribution < 1.29 is 9.59 Å². The minimum absolute atomic E-state index is 0.0495. The van der Waals surface area contributed by atoms with Gasteiger partial charge in [0.15, 0.2) is 5.11 Å². The van der Waals surface area contributed by atoms with Gasteiger partial charge in [0.05, 0.1) is 0 Å². The zero-order valence-electron chi connectivity index (χ0n) is 17.5. The van der Waals surface area contributed by atoms with Gasteiger partial charge >= 0.3 is 0 Å². The van der Waals surface area contributed by atoms with Crippen molar-refractivity contribution >= 4 is 40.5 Å². The first-order valence-corrected chi connectivity index (χ1v) is 10.2. The van der Waals surface area contributed by atoms with Crippen LogP contribution >= 0.6 is 12.2 Å². The summed E-state index contributed by atoms with van der Waals surface area (Å²) in [5.41, 5.74) is 3.25. The molecule has 0 aliphatic carbocycles. The summed E-state index contributed by atoms with van der Waals surface area (Å²) >= 11 is 5.15. The zero-order chi connectivity index (χ0) is 21.4. The van der Waals surface area contributed by atoms with Crippen molar-refractivity contribution in [3.63, 3.8) is 0 Å². The largest absolute Gasteiger partial charge is 0.332 e. The van der Waals surface area contributed by atoms with E-state index in [2.05, 4.69) is 36.7 Å². The maximum Gasteiger partial charge on any atom is 0.255 e. The number of thiocarbonyl (C=S) groups is 1. The molecule has 0 heterocycles. The Balaban J connectivity index is 1.90. The van der Waals surface area contributed by atoms with Crippen LogP contribution in [-0.2, 0) is 10.2 Å². The molecular formula is C23H29N3O2S. The number of hydrogen-bond acceptors (Lipinski definition) is 3. The van der Waals surface area contributed by atoms with Gasteiger partial charge in [-0.1, -0.05) is 46.2 Å². The number of nitrogens with one attached hydrogen (secondary N) is 3. The number of hydrogen-bond donors (Lipinski definition) is 3. The lowest BCUT2D eigenvalue weighted by atomic mass is 9.87. The van der Waals surface area contributed by atoms with Gasteiger partial charge in [-0.2, -0.15) is 0 Å². The first-order valence-electron chi connectivity index (χ1n) is 9.82. The van der Waals surface area contributed by atoms with E-state index in [4.69, 9.17) is 12.2 Å². The van der Waals surface area contributed by atoms with E-state index in [0.717, 1.165) is 18.5 Å². The third-order valence-corrected chi connectivity index (χ3v) is 4.63. The number of rotatable bonds is 6. The van der Waals surface area contributed by atoms with Crippen molar-refractivity contribution in [2.75, 3.05) is 10.6 Å². The molecule has 0 aliphatic rings. The van der Waals surface area contributed by atoms with Gasteiger partial charge in [-0.25, -0.2) is 0 Å². The van der Waals surface area contributed by atoms with E-state index in [1.54, 1.807) is 24.3 Å². The first kappa shape index (κ1) is 22.6. The SMILES string of the molecule is CCCCC(=O)NC(=S)Nc1ccc(NC(=O)c2ccc(C(C)(C)C)cc2)cc1. The van der Waals surface area contributed by atoms with Crippen molar-refractivity contribution in [3.05, 3.63) is 59.7 Å². The fourth-order valence-electron chi connectivity index (χ4n) is 2.65. The summed E-state index contributed by atoms with van der Waals surface area (Å²) in [5.74, 6) is -0.254. The molecule has 6 heteroatoms. The molecule has 0 saturated carbocycles. The molecule has 5 nitrogen and oxygen atoms in total. The Morgan fingerprint density at radius 3 is 1.97 bits per heavy atom. The summed E-state index contributed by atoms with van der Waals surface area (Å²) in [6.45, 7) is 8.45. The van der Waals surface area contributed by atoms with Gasteiger partial charge in [0.1, 0.15) is 0 Å². The molecule has 29 heavy (non-hydrogen) atoms. The van der Waals surface area contributed by atoms with Crippen LogP contribution in [0.2, 0.25) is 0 Å². The third kappa shape index (κ3) is 7.31. The molecule has 0 aromatic heterocycles. The maximum absolute atomic E-state index is 12.5. The van der Waals surface area contributed by atoms with Gasteiger partial charge in [-0.15, -0.1) is 0 Å². The van der Waals surface area contributed by atoms with E-state index >= 15 is 0 Å². The Hall–Kier alpha value is -2.73. The Kier molecular flexibility index (Phi) is 7.91. The minimum Gasteiger partial charge on any atom is -0.332 e. The van der Waals surface area contributed by atoms with Gasteiger partial charge in [0, 0.05) is 23.4 Å². The van der Waals surface area contributed by atoms with Gasteiger partial charge in [0.25, 0.3) is 5.91 Å². The molecule has 0 bridgehead atoms. The summed E-state index contributed by atoms with van der Waals surface area (Å²) in [7, 11) is 0. The number of anilines is 2. The summed E-state index contributed by atoms with van der Waals surface area (Å²) in [4.78, 5) is 24.2. The summed E-state index contributed by atoms with van der Waals surface area (Å²) in [6, 6.07) is 14.8. The van der Waals surface area contributed by atoms with E-state index in [1.165, 1.54) is 5.56 Å². The van der Waals surface area contributed by atoms with Gasteiger partial charge in [-0.3, -0.25) is 9.59 Å². The van der Waals surface area contributed by atoms with E-state index in [9.17, 15) is 9.59 Å². The fraction of sp³-hybridized carbons (Fsp3) is 0.348. The highest BCUT2D eigenvalue weighted by Gasteiger charge is 2.14. The summed E-state index contributed by atoms with van der Waals surface area (Å²) in [5, 5.41) is 8.78. The van der Waals surface area contributed by atoms with E-state index in [0.29, 0.717) is 17.7 Å². The molecule has 2 aromatic carbocycles. The lowest BCUT2D eigenvalue weighted by Gasteiger charge is -2.19. The molecule has 0 spiro atoms. The molecule has 0 aliphatic heterocycles. The molecule has 0 atom stereocenters. The standard InChI is InChI=1S/C23H29N3O2S/c1-5-6-7-20(27)26-22(29)25-19-14-12-18(13-15-19)24-21(28)16-8-10-17(11-9-16)23(2,3)4/h8-15H,5-7H2,1-4H3,(H,24,28)(H2,25,26,27,29). The van der Waals surface area contributed by atoms with Crippen LogP contribution in [0.4, 0.5) is 11.4 Å². The van der Waals surface area contributed by atoms with Crippen LogP contribution < -0.4 is 16.0 Å². The van der Waals surface area contributed by atoms with Gasteiger partial charge < -0.3 is 16.0 Å². The first-order chi connectivity index (χ1) is 13.7. The molecule has 3 N–H and O–H groups in total. The average molecular weight is 412 g/mol. The smallest absolute Gasteiger partial charge is 0.255 e. The topological polar surface area (TPSA) is 70.2 Å². The van der Waals surface area contributed by atoms with E-state index < -0.39 is 0 Å². The summed E-state index contributed by atoms with van der Waals surface area (Å²) in [6.07, 6.45) is 2.25.